The van der Waals surface area contributed by atoms with Crippen molar-refractivity contribution in [2.75, 3.05) is 0 Å². The lowest BCUT2D eigenvalue weighted by Crippen LogP contribution is -1.49. The fraction of sp³-hybridized carbons (Fsp3) is 0.500. The second kappa shape index (κ2) is 2.38. The molecule has 0 bridgehead atoms. The van der Waals surface area contributed by atoms with E-state index >= 15 is 0 Å². The molecule has 4 heavy (non-hydrogen) atoms. The maximum atomic E-state index is 6.02. The van der Waals surface area contributed by atoms with Crippen molar-refractivity contribution >= 4 is 6.21 Å². The van der Waals surface area contributed by atoms with Crippen LogP contribution in [0.5, 0.6) is 0 Å². The van der Waals surface area contributed by atoms with Gasteiger partial charge < -0.3 is 0 Å². The molecule has 0 radical (unpaired) electrons. The summed E-state index contributed by atoms with van der Waals surface area (Å²) in [6.45, 7) is 1.70. The average Bonchev–Trinajstić information content (AvgIpc) is 1.37. The Balaban J connectivity index is 3.11. The van der Waals surface area contributed by atoms with Gasteiger partial charge in [-0.15, -0.1) is 0 Å². The molecule has 0 unspecified atom stereocenters. The van der Waals surface area contributed by atoms with Crippen molar-refractivity contribution in [1.82, 2.24) is 0 Å². The molecular weight excluding hydrogens is 52.0 g/mol. The van der Waals surface area contributed by atoms with E-state index in [1.165, 1.54) is 6.21 Å². The van der Waals surface area contributed by atoms with Crippen LogP contribution >= 0.6 is 0 Å². The Kier molecular flexibility index (Phi) is 2.01. The second-order valence-corrected chi connectivity index (χ2v) is 0.387. The first-order valence-electron chi connectivity index (χ1n) is 1.06. The lowest BCUT2D eigenvalue weighted by molar-refractivity contribution is -0.112. The fourth-order valence-electron chi connectivity index (χ4n) is 0. The molecule has 2 heteroatoms. The molecule has 0 atom stereocenters. The highest BCUT2D eigenvalue weighted by Gasteiger charge is 1.47. The molecule has 0 aliphatic carbocycles. The number of nitrogens with zero attached hydrogens (tertiary/aromatic N) is 1. The van der Waals surface area contributed by atoms with Crippen LogP contribution in [0.15, 0.2) is 0 Å². The summed E-state index contributed by atoms with van der Waals surface area (Å²) in [5.41, 5.74) is 6.02. The van der Waals surface area contributed by atoms with Gasteiger partial charge in [-0.2, -0.15) is 0 Å². The highest BCUT2D eigenvalue weighted by atomic mass is 14.8. The van der Waals surface area contributed by atoms with Crippen molar-refractivity contribution in [1.29, 1.82) is 5.53 Å². The average molecular weight is 57.1 g/mol. The van der Waals surface area contributed by atoms with Crippen molar-refractivity contribution in [3.63, 3.8) is 0 Å². The zero-order chi connectivity index (χ0) is 3.41. The van der Waals surface area contributed by atoms with E-state index in [0.717, 1.165) is 0 Å². The quantitative estimate of drug-likeness (QED) is 0.236. The zero-order valence-electron chi connectivity index (χ0n) is 2.52. The molecule has 0 fully saturated rings. The molecule has 0 aromatic rings. The Morgan fingerprint density at radius 2 is 2.25 bits per heavy atom. The van der Waals surface area contributed by atoms with Crippen LogP contribution in [0.4, 0.5) is 0 Å². The largest absolute Gasteiger partial charge is 0.303 e. The Morgan fingerprint density at radius 1 is 2.00 bits per heavy atom. The van der Waals surface area contributed by atoms with Crippen LogP contribution in [0.2, 0.25) is 0 Å². The van der Waals surface area contributed by atoms with Crippen LogP contribution in [0, 0.1) is 5.53 Å². The first-order chi connectivity index (χ1) is 1.91. The summed E-state index contributed by atoms with van der Waals surface area (Å²) >= 11 is 0. The summed E-state index contributed by atoms with van der Waals surface area (Å²) in [7, 11) is 0. The Hall–Kier alpha value is -0.620. The minimum Gasteiger partial charge on any atom is 0.0348 e. The lowest BCUT2D eigenvalue weighted by atomic mass is 10.9. The van der Waals surface area contributed by atoms with E-state index in [1.807, 2.05) is 0 Å². The van der Waals surface area contributed by atoms with E-state index < -0.39 is 0 Å². The van der Waals surface area contributed by atoms with Crippen LogP contribution in [-0.2, 0) is 0 Å². The summed E-state index contributed by atoms with van der Waals surface area (Å²) < 4.78 is 0. The molecule has 0 aliphatic rings. The Morgan fingerprint density at radius 3 is 2.25 bits per heavy atom. The normalized spacial score (nSPS) is 4.25. The van der Waals surface area contributed by atoms with E-state index in [4.69, 9.17) is 5.53 Å². The van der Waals surface area contributed by atoms with Gasteiger partial charge in [-0.1, -0.05) is 0 Å². The number of hydrogen-bond donors (Lipinski definition) is 1. The summed E-state index contributed by atoms with van der Waals surface area (Å²) in [5, 5.41) is 0. The van der Waals surface area contributed by atoms with Crippen LogP contribution < -0.4 is 0 Å². The van der Waals surface area contributed by atoms with Gasteiger partial charge >= 0.3 is 6.21 Å². The molecule has 0 saturated carbocycles. The first-order valence-corrected chi connectivity index (χ1v) is 1.06. The van der Waals surface area contributed by atoms with Crippen LogP contribution in [0.25, 0.3) is 0 Å². The third-order valence-corrected chi connectivity index (χ3v) is 0.129. The van der Waals surface area contributed by atoms with Gasteiger partial charge in [0.25, 0.3) is 0 Å². The van der Waals surface area contributed by atoms with Gasteiger partial charge in [0.15, 0.2) is 0 Å². The third-order valence-electron chi connectivity index (χ3n) is 0.129. The number of rotatable bonds is 0. The molecular formula is C2H5N2+. The van der Waals surface area contributed by atoms with Gasteiger partial charge in [-0.3, -0.25) is 0 Å². The SMILES string of the molecule is CC=[N+]=N. The molecule has 0 spiro atoms. The van der Waals surface area contributed by atoms with Crippen molar-refractivity contribution in [3.05, 3.63) is 0 Å². The smallest absolute Gasteiger partial charge is 0.0348 e. The molecule has 0 saturated heterocycles. The molecule has 22 valence electrons. The summed E-state index contributed by atoms with van der Waals surface area (Å²) in [5.74, 6) is 0. The van der Waals surface area contributed by atoms with Gasteiger partial charge in [0.05, 0.1) is 5.53 Å². The second-order valence-electron chi connectivity index (χ2n) is 0.387. The predicted molar refractivity (Wildman–Crippen MR) is 14.7 cm³/mol. The van der Waals surface area contributed by atoms with Crippen molar-refractivity contribution in [2.24, 2.45) is 0 Å². The molecule has 2 nitrogen and oxygen atoms in total. The minimum absolute atomic E-state index is 1.42. The molecule has 1 N–H and O–H groups in total. The summed E-state index contributed by atoms with van der Waals surface area (Å²) in [6.07, 6.45) is 1.42. The van der Waals surface area contributed by atoms with Gasteiger partial charge in [0.1, 0.15) is 0 Å². The molecule has 0 aromatic carbocycles. The standard InChI is InChI=1S/C2H5N2/c1-2-4-3/h2-3H,1H3/q+1. The zero-order valence-corrected chi connectivity index (χ0v) is 2.52. The monoisotopic (exact) mass is 57.0 g/mol. The van der Waals surface area contributed by atoms with Gasteiger partial charge in [-0.25, -0.2) is 0 Å². The molecule has 0 aliphatic heterocycles. The highest BCUT2D eigenvalue weighted by molar-refractivity contribution is 5.45. The Labute approximate surface area is 24.7 Å². The third kappa shape index (κ3) is 1.38. The lowest BCUT2D eigenvalue weighted by Gasteiger charge is -1.16. The van der Waals surface area contributed by atoms with Gasteiger partial charge in [0.2, 0.25) is 0 Å². The maximum Gasteiger partial charge on any atom is 0.303 e. The van der Waals surface area contributed by atoms with Gasteiger partial charge in [0, 0.05) is 11.7 Å². The number of nitrogens with one attached hydrogen (secondary N) is 1. The van der Waals surface area contributed by atoms with Crippen LogP contribution in [0.3, 0.4) is 0 Å². The van der Waals surface area contributed by atoms with E-state index in [2.05, 4.69) is 4.79 Å². The maximum absolute atomic E-state index is 6.02. The minimum atomic E-state index is 1.42. The van der Waals surface area contributed by atoms with Crippen LogP contribution in [-0.4, -0.2) is 11.0 Å². The highest BCUT2D eigenvalue weighted by Crippen LogP contribution is 1.17. The summed E-state index contributed by atoms with van der Waals surface area (Å²) in [6, 6.07) is 0. The van der Waals surface area contributed by atoms with E-state index in [9.17, 15) is 0 Å². The molecule has 0 rings (SSSR count). The Bertz CT molecular complexity index is 42.0. The topological polar surface area (TPSA) is 38.0 Å². The van der Waals surface area contributed by atoms with Crippen LogP contribution in [0.1, 0.15) is 6.92 Å². The van der Waals surface area contributed by atoms with E-state index in [0.29, 0.717) is 0 Å². The van der Waals surface area contributed by atoms with Crippen molar-refractivity contribution in [3.8, 4) is 0 Å². The van der Waals surface area contributed by atoms with Gasteiger partial charge in [-0.05, 0) is 0 Å². The fourth-order valence-corrected chi connectivity index (χ4v) is 0. The number of hydrogen-bond acceptors (Lipinski definition) is 1. The van der Waals surface area contributed by atoms with E-state index in [1.54, 1.807) is 6.92 Å². The molecule has 0 amide bonds. The van der Waals surface area contributed by atoms with E-state index in [-0.39, 0.29) is 0 Å². The predicted octanol–water partition coefficient (Wildman–Crippen LogP) is 0.316. The van der Waals surface area contributed by atoms with Crippen molar-refractivity contribution in [2.45, 2.75) is 6.92 Å². The first kappa shape index (κ1) is 3.38. The van der Waals surface area contributed by atoms with Crippen molar-refractivity contribution < 1.29 is 4.79 Å². The molecule has 0 heterocycles. The summed E-state index contributed by atoms with van der Waals surface area (Å²) in [4.78, 5) is 2.86. The molecule has 0 aromatic heterocycles.